The van der Waals surface area contributed by atoms with Crippen molar-refractivity contribution in [2.75, 3.05) is 33.4 Å². The molecule has 5 nitrogen and oxygen atoms in total. The lowest BCUT2D eigenvalue weighted by Gasteiger charge is -2.41. The summed E-state index contributed by atoms with van der Waals surface area (Å²) in [5.41, 5.74) is 3.55. The van der Waals surface area contributed by atoms with Gasteiger partial charge in [-0.25, -0.2) is 4.98 Å². The molecular formula is C23H29N3O2S. The molecule has 1 saturated heterocycles. The molecule has 0 bridgehead atoms. The topological polar surface area (TPSA) is 48.8 Å². The van der Waals surface area contributed by atoms with E-state index in [2.05, 4.69) is 53.1 Å². The Morgan fingerprint density at radius 2 is 2.03 bits per heavy atom. The van der Waals surface area contributed by atoms with Gasteiger partial charge in [0, 0.05) is 38.8 Å². The number of ether oxygens (including phenoxy) is 1. The summed E-state index contributed by atoms with van der Waals surface area (Å²) in [6.45, 7) is 7.09. The van der Waals surface area contributed by atoms with Gasteiger partial charge in [0.15, 0.2) is 0 Å². The monoisotopic (exact) mass is 411 g/mol. The Balaban J connectivity index is 1.42. The van der Waals surface area contributed by atoms with Gasteiger partial charge in [0.25, 0.3) is 0 Å². The van der Waals surface area contributed by atoms with Gasteiger partial charge in [0.05, 0.1) is 23.9 Å². The number of methoxy groups -OCH3 is 1. The van der Waals surface area contributed by atoms with Gasteiger partial charge < -0.3 is 9.84 Å². The lowest BCUT2D eigenvalue weighted by molar-refractivity contribution is 0.0499. The summed E-state index contributed by atoms with van der Waals surface area (Å²) in [6.07, 6.45) is 0.797. The molecule has 0 spiro atoms. The number of hydrogen-bond acceptors (Lipinski definition) is 6. The number of benzene rings is 2. The average molecular weight is 412 g/mol. The zero-order chi connectivity index (χ0) is 20.2. The molecule has 4 rings (SSSR count). The minimum absolute atomic E-state index is 0.220. The van der Waals surface area contributed by atoms with Gasteiger partial charge in [0.2, 0.25) is 0 Å². The summed E-state index contributed by atoms with van der Waals surface area (Å²) in [5.74, 6) is 0.932. The fourth-order valence-corrected chi connectivity index (χ4v) is 5.19. The average Bonchev–Trinajstić information content (AvgIpc) is 3.12. The van der Waals surface area contributed by atoms with E-state index in [0.717, 1.165) is 56.0 Å². The van der Waals surface area contributed by atoms with Crippen molar-refractivity contribution < 1.29 is 9.84 Å². The number of para-hydroxylation sites is 1. The number of aliphatic hydroxyl groups excluding tert-OH is 1. The molecule has 1 N–H and O–H groups in total. The molecular weight excluding hydrogens is 382 g/mol. The van der Waals surface area contributed by atoms with Crippen LogP contribution in [0.15, 0.2) is 42.5 Å². The highest BCUT2D eigenvalue weighted by Crippen LogP contribution is 2.25. The van der Waals surface area contributed by atoms with Crippen LogP contribution >= 0.6 is 11.3 Å². The predicted molar refractivity (Wildman–Crippen MR) is 119 cm³/mol. The number of aliphatic hydroxyl groups is 1. The van der Waals surface area contributed by atoms with Gasteiger partial charge >= 0.3 is 0 Å². The van der Waals surface area contributed by atoms with E-state index in [1.165, 1.54) is 15.3 Å². The normalized spacial score (nSPS) is 18.4. The molecule has 29 heavy (non-hydrogen) atoms. The molecule has 0 saturated carbocycles. The van der Waals surface area contributed by atoms with Crippen molar-refractivity contribution in [2.45, 2.75) is 32.5 Å². The van der Waals surface area contributed by atoms with Crippen LogP contribution in [0.4, 0.5) is 0 Å². The van der Waals surface area contributed by atoms with E-state index in [9.17, 15) is 5.11 Å². The molecule has 0 amide bonds. The molecule has 1 aliphatic heterocycles. The van der Waals surface area contributed by atoms with Crippen molar-refractivity contribution >= 4 is 21.6 Å². The fourth-order valence-electron chi connectivity index (χ4n) is 4.18. The Kier molecular flexibility index (Phi) is 6.45. The number of fused-ring (bicyclic) bond motifs is 1. The van der Waals surface area contributed by atoms with Gasteiger partial charge in [-0.1, -0.05) is 24.3 Å². The number of piperazine rings is 1. The van der Waals surface area contributed by atoms with Crippen molar-refractivity contribution in [3.8, 4) is 5.75 Å². The fraction of sp³-hybridized carbons (Fsp3) is 0.435. The molecule has 2 aromatic carbocycles. The quantitative estimate of drug-likeness (QED) is 0.643. The van der Waals surface area contributed by atoms with Crippen LogP contribution < -0.4 is 4.74 Å². The molecule has 6 heteroatoms. The number of rotatable bonds is 7. The Labute approximate surface area is 176 Å². The maximum atomic E-state index is 9.61. The van der Waals surface area contributed by atoms with Crippen molar-refractivity contribution in [3.05, 3.63) is 58.6 Å². The Morgan fingerprint density at radius 1 is 1.17 bits per heavy atom. The lowest BCUT2D eigenvalue weighted by Crippen LogP contribution is -2.52. The van der Waals surface area contributed by atoms with E-state index in [-0.39, 0.29) is 6.61 Å². The molecule has 0 radical (unpaired) electrons. The third-order valence-corrected chi connectivity index (χ3v) is 6.71. The summed E-state index contributed by atoms with van der Waals surface area (Å²) in [7, 11) is 1.71. The van der Waals surface area contributed by atoms with Gasteiger partial charge in [0.1, 0.15) is 10.8 Å². The highest BCUT2D eigenvalue weighted by Gasteiger charge is 2.27. The summed E-state index contributed by atoms with van der Waals surface area (Å²) in [4.78, 5) is 9.78. The molecule has 0 unspecified atom stereocenters. The second-order valence-corrected chi connectivity index (χ2v) is 8.87. The summed E-state index contributed by atoms with van der Waals surface area (Å²) in [6, 6.07) is 15.1. The summed E-state index contributed by atoms with van der Waals surface area (Å²) in [5, 5.41) is 10.8. The third-order valence-electron chi connectivity index (χ3n) is 5.69. The van der Waals surface area contributed by atoms with Gasteiger partial charge in [-0.15, -0.1) is 11.3 Å². The van der Waals surface area contributed by atoms with Crippen LogP contribution in [-0.4, -0.2) is 59.3 Å². The van der Waals surface area contributed by atoms with E-state index >= 15 is 0 Å². The summed E-state index contributed by atoms with van der Waals surface area (Å²) >= 11 is 1.79. The first-order valence-corrected chi connectivity index (χ1v) is 11.0. The SMILES string of the molecule is COc1ccc(CN2CCN(Cc3nc4ccccc4s3)C[C@@H]2CCO)cc1C. The van der Waals surface area contributed by atoms with E-state index in [0.29, 0.717) is 6.04 Å². The molecule has 1 fully saturated rings. The molecule has 2 heterocycles. The summed E-state index contributed by atoms with van der Waals surface area (Å²) < 4.78 is 6.64. The maximum absolute atomic E-state index is 9.61. The number of thiazole rings is 1. The minimum Gasteiger partial charge on any atom is -0.496 e. The van der Waals surface area contributed by atoms with E-state index in [1.807, 2.05) is 6.07 Å². The van der Waals surface area contributed by atoms with Gasteiger partial charge in [-0.3, -0.25) is 9.80 Å². The number of hydrogen-bond donors (Lipinski definition) is 1. The predicted octanol–water partition coefficient (Wildman–Crippen LogP) is 3.68. The lowest BCUT2D eigenvalue weighted by atomic mass is 10.1. The molecule has 3 aromatic rings. The molecule has 154 valence electrons. The van der Waals surface area contributed by atoms with Crippen LogP contribution in [0, 0.1) is 6.92 Å². The first kappa shape index (κ1) is 20.3. The van der Waals surface area contributed by atoms with E-state index < -0.39 is 0 Å². The van der Waals surface area contributed by atoms with Crippen LogP contribution in [0.3, 0.4) is 0 Å². The number of nitrogens with zero attached hydrogens (tertiary/aromatic N) is 3. The Hall–Kier alpha value is -1.99. The molecule has 1 aromatic heterocycles. The van der Waals surface area contributed by atoms with Gasteiger partial charge in [-0.2, -0.15) is 0 Å². The first-order valence-electron chi connectivity index (χ1n) is 10.2. The highest BCUT2D eigenvalue weighted by molar-refractivity contribution is 7.18. The Morgan fingerprint density at radius 3 is 2.79 bits per heavy atom. The maximum Gasteiger partial charge on any atom is 0.121 e. The smallest absolute Gasteiger partial charge is 0.121 e. The molecule has 0 aliphatic carbocycles. The second-order valence-electron chi connectivity index (χ2n) is 7.75. The van der Waals surface area contributed by atoms with E-state index in [4.69, 9.17) is 9.72 Å². The molecule has 1 atom stereocenters. The second kappa shape index (κ2) is 9.22. The van der Waals surface area contributed by atoms with Crippen LogP contribution in [0.5, 0.6) is 5.75 Å². The molecule has 1 aliphatic rings. The van der Waals surface area contributed by atoms with Crippen LogP contribution in [-0.2, 0) is 13.1 Å². The number of aryl methyl sites for hydroxylation is 1. The Bertz CT molecular complexity index is 925. The standard InChI is InChI=1S/C23H29N3O2S/c1-17-13-18(7-8-21(17)28-2)14-26-11-10-25(15-19(26)9-12-27)16-23-24-20-5-3-4-6-22(20)29-23/h3-8,13,19,27H,9-12,14-16H2,1-2H3/t19-/m0/s1. The van der Waals surface area contributed by atoms with Crippen LogP contribution in [0.1, 0.15) is 22.6 Å². The zero-order valence-electron chi connectivity index (χ0n) is 17.2. The third kappa shape index (κ3) is 4.78. The zero-order valence-corrected chi connectivity index (χ0v) is 18.0. The minimum atomic E-state index is 0.220. The van der Waals surface area contributed by atoms with Crippen molar-refractivity contribution in [2.24, 2.45) is 0 Å². The highest BCUT2D eigenvalue weighted by atomic mass is 32.1. The van der Waals surface area contributed by atoms with Crippen molar-refractivity contribution in [1.82, 2.24) is 14.8 Å². The largest absolute Gasteiger partial charge is 0.496 e. The van der Waals surface area contributed by atoms with Crippen molar-refractivity contribution in [1.29, 1.82) is 0 Å². The van der Waals surface area contributed by atoms with E-state index in [1.54, 1.807) is 18.4 Å². The van der Waals surface area contributed by atoms with Crippen molar-refractivity contribution in [3.63, 3.8) is 0 Å². The van der Waals surface area contributed by atoms with Gasteiger partial charge in [-0.05, 0) is 42.7 Å². The van der Waals surface area contributed by atoms with Crippen LogP contribution in [0.25, 0.3) is 10.2 Å². The van der Waals surface area contributed by atoms with Crippen LogP contribution in [0.2, 0.25) is 0 Å². The first-order chi connectivity index (χ1) is 14.2. The number of aromatic nitrogens is 1.